The Morgan fingerprint density at radius 2 is 2.17 bits per heavy atom. The van der Waals surface area contributed by atoms with E-state index in [4.69, 9.17) is 5.73 Å². The van der Waals surface area contributed by atoms with E-state index < -0.39 is 0 Å². The molecule has 0 aliphatic carbocycles. The molecule has 0 saturated carbocycles. The third-order valence-electron chi connectivity index (χ3n) is 2.11. The first kappa shape index (κ1) is 8.78. The lowest BCUT2D eigenvalue weighted by atomic mass is 10.0. The molecule has 2 nitrogen and oxygen atoms in total. The van der Waals surface area contributed by atoms with Gasteiger partial charge < -0.3 is 5.73 Å². The van der Waals surface area contributed by atoms with Gasteiger partial charge in [0.15, 0.2) is 6.29 Å². The van der Waals surface area contributed by atoms with Gasteiger partial charge in [-0.3, -0.25) is 4.79 Å². The van der Waals surface area contributed by atoms with Crippen LogP contribution in [0.3, 0.4) is 0 Å². The van der Waals surface area contributed by atoms with Gasteiger partial charge in [-0.25, -0.2) is 0 Å². The van der Waals surface area contributed by atoms with Crippen molar-refractivity contribution in [3.63, 3.8) is 0 Å². The van der Waals surface area contributed by atoms with Crippen molar-refractivity contribution in [3.05, 3.63) is 28.8 Å². The second kappa shape index (κ2) is 3.39. The molecule has 0 heterocycles. The SMILES string of the molecule is CCc1c(C)ccc(C=O)c1N. The van der Waals surface area contributed by atoms with Gasteiger partial charge in [-0.15, -0.1) is 0 Å². The minimum absolute atomic E-state index is 0.595. The van der Waals surface area contributed by atoms with Gasteiger partial charge in [0, 0.05) is 11.3 Å². The molecule has 0 radical (unpaired) electrons. The zero-order valence-corrected chi connectivity index (χ0v) is 7.42. The highest BCUT2D eigenvalue weighted by molar-refractivity contribution is 5.85. The summed E-state index contributed by atoms with van der Waals surface area (Å²) in [5.41, 5.74) is 9.24. The Morgan fingerprint density at radius 3 is 2.67 bits per heavy atom. The average Bonchev–Trinajstić information content (AvgIpc) is 2.06. The van der Waals surface area contributed by atoms with Gasteiger partial charge in [0.25, 0.3) is 0 Å². The summed E-state index contributed by atoms with van der Waals surface area (Å²) in [4.78, 5) is 10.5. The summed E-state index contributed by atoms with van der Waals surface area (Å²) < 4.78 is 0. The van der Waals surface area contributed by atoms with Crippen LogP contribution in [0.2, 0.25) is 0 Å². The Morgan fingerprint density at radius 1 is 1.50 bits per heavy atom. The van der Waals surface area contributed by atoms with Gasteiger partial charge in [-0.2, -0.15) is 0 Å². The molecule has 0 unspecified atom stereocenters. The Bertz CT molecular complexity index is 305. The van der Waals surface area contributed by atoms with Crippen molar-refractivity contribution in [1.29, 1.82) is 0 Å². The van der Waals surface area contributed by atoms with Gasteiger partial charge in [0.1, 0.15) is 0 Å². The van der Waals surface area contributed by atoms with Crippen LogP contribution in [0.15, 0.2) is 12.1 Å². The van der Waals surface area contributed by atoms with Crippen molar-refractivity contribution in [2.45, 2.75) is 20.3 Å². The molecule has 0 amide bonds. The van der Waals surface area contributed by atoms with E-state index in [0.717, 1.165) is 23.8 Å². The van der Waals surface area contributed by atoms with Gasteiger partial charge >= 0.3 is 0 Å². The van der Waals surface area contributed by atoms with E-state index in [-0.39, 0.29) is 0 Å². The van der Waals surface area contributed by atoms with Crippen LogP contribution in [-0.2, 0) is 6.42 Å². The van der Waals surface area contributed by atoms with Crippen LogP contribution in [0, 0.1) is 6.92 Å². The third kappa shape index (κ3) is 1.33. The number of aryl methyl sites for hydroxylation is 1. The van der Waals surface area contributed by atoms with E-state index in [0.29, 0.717) is 11.3 Å². The van der Waals surface area contributed by atoms with Gasteiger partial charge in [0.2, 0.25) is 0 Å². The second-order valence-electron chi connectivity index (χ2n) is 2.84. The molecule has 0 saturated heterocycles. The van der Waals surface area contributed by atoms with E-state index in [9.17, 15) is 4.79 Å². The number of benzene rings is 1. The van der Waals surface area contributed by atoms with E-state index in [2.05, 4.69) is 0 Å². The van der Waals surface area contributed by atoms with Crippen LogP contribution < -0.4 is 5.73 Å². The number of carbonyl (C=O) groups is 1. The van der Waals surface area contributed by atoms with Crippen molar-refractivity contribution in [3.8, 4) is 0 Å². The lowest BCUT2D eigenvalue weighted by Crippen LogP contribution is -2.00. The molecule has 0 spiro atoms. The molecule has 2 N–H and O–H groups in total. The molecule has 12 heavy (non-hydrogen) atoms. The Labute approximate surface area is 72.4 Å². The first-order valence-corrected chi connectivity index (χ1v) is 4.03. The fourth-order valence-corrected chi connectivity index (χ4v) is 1.36. The van der Waals surface area contributed by atoms with Crippen LogP contribution in [0.4, 0.5) is 5.69 Å². The molecule has 2 heteroatoms. The van der Waals surface area contributed by atoms with E-state index in [1.807, 2.05) is 19.9 Å². The Hall–Kier alpha value is -1.31. The standard InChI is InChI=1S/C10H13NO/c1-3-9-7(2)4-5-8(6-12)10(9)11/h4-6H,3,11H2,1-2H3. The largest absolute Gasteiger partial charge is 0.398 e. The molecule has 0 fully saturated rings. The highest BCUT2D eigenvalue weighted by Gasteiger charge is 2.04. The number of carbonyl (C=O) groups excluding carboxylic acids is 1. The summed E-state index contributed by atoms with van der Waals surface area (Å²) in [6.45, 7) is 4.04. The smallest absolute Gasteiger partial charge is 0.152 e. The monoisotopic (exact) mass is 163 g/mol. The maximum Gasteiger partial charge on any atom is 0.152 e. The highest BCUT2D eigenvalue weighted by Crippen LogP contribution is 2.20. The van der Waals surface area contributed by atoms with Crippen LogP contribution in [0.5, 0.6) is 0 Å². The van der Waals surface area contributed by atoms with Crippen molar-refractivity contribution < 1.29 is 4.79 Å². The predicted octanol–water partition coefficient (Wildman–Crippen LogP) is 1.95. The minimum Gasteiger partial charge on any atom is -0.398 e. The van der Waals surface area contributed by atoms with Gasteiger partial charge in [0.05, 0.1) is 0 Å². The zero-order chi connectivity index (χ0) is 9.14. The molecule has 64 valence electrons. The Balaban J connectivity index is 3.33. The molecule has 0 atom stereocenters. The van der Waals surface area contributed by atoms with E-state index in [1.165, 1.54) is 0 Å². The van der Waals surface area contributed by atoms with E-state index >= 15 is 0 Å². The molecule has 0 aliphatic heterocycles. The molecule has 1 rings (SSSR count). The third-order valence-corrected chi connectivity index (χ3v) is 2.11. The number of anilines is 1. The molecule has 0 aliphatic rings. The number of hydrogen-bond donors (Lipinski definition) is 1. The maximum absolute atomic E-state index is 10.5. The van der Waals surface area contributed by atoms with Crippen LogP contribution in [-0.4, -0.2) is 6.29 Å². The summed E-state index contributed by atoms with van der Waals surface area (Å²) in [5.74, 6) is 0. The Kier molecular flexibility index (Phi) is 2.48. The topological polar surface area (TPSA) is 43.1 Å². The van der Waals surface area contributed by atoms with E-state index in [1.54, 1.807) is 6.07 Å². The average molecular weight is 163 g/mol. The molecule has 0 bridgehead atoms. The highest BCUT2D eigenvalue weighted by atomic mass is 16.1. The summed E-state index contributed by atoms with van der Waals surface area (Å²) in [6.07, 6.45) is 1.67. The molecular weight excluding hydrogens is 150 g/mol. The minimum atomic E-state index is 0.595. The fourth-order valence-electron chi connectivity index (χ4n) is 1.36. The first-order chi connectivity index (χ1) is 5.70. The zero-order valence-electron chi connectivity index (χ0n) is 7.42. The van der Waals surface area contributed by atoms with Crippen LogP contribution >= 0.6 is 0 Å². The summed E-state index contributed by atoms with van der Waals surface area (Å²) in [7, 11) is 0. The normalized spacial score (nSPS) is 9.83. The molecular formula is C10H13NO. The summed E-state index contributed by atoms with van der Waals surface area (Å²) >= 11 is 0. The number of nitrogen functional groups attached to an aromatic ring is 1. The molecule has 0 aromatic heterocycles. The van der Waals surface area contributed by atoms with Crippen molar-refractivity contribution in [2.75, 3.05) is 5.73 Å². The quantitative estimate of drug-likeness (QED) is 0.535. The lowest BCUT2D eigenvalue weighted by Gasteiger charge is -2.08. The lowest BCUT2D eigenvalue weighted by molar-refractivity contribution is 0.112. The second-order valence-corrected chi connectivity index (χ2v) is 2.84. The number of rotatable bonds is 2. The van der Waals surface area contributed by atoms with Crippen molar-refractivity contribution in [2.24, 2.45) is 0 Å². The van der Waals surface area contributed by atoms with Gasteiger partial charge in [-0.05, 0) is 30.5 Å². The maximum atomic E-state index is 10.5. The van der Waals surface area contributed by atoms with Crippen LogP contribution in [0.25, 0.3) is 0 Å². The number of nitrogens with two attached hydrogens (primary N) is 1. The first-order valence-electron chi connectivity index (χ1n) is 4.03. The number of aldehydes is 1. The molecule has 1 aromatic carbocycles. The fraction of sp³-hybridized carbons (Fsp3) is 0.300. The predicted molar refractivity (Wildman–Crippen MR) is 50.4 cm³/mol. The van der Waals surface area contributed by atoms with Crippen molar-refractivity contribution in [1.82, 2.24) is 0 Å². The number of hydrogen-bond acceptors (Lipinski definition) is 2. The summed E-state index contributed by atoms with van der Waals surface area (Å²) in [5, 5.41) is 0. The van der Waals surface area contributed by atoms with Gasteiger partial charge in [-0.1, -0.05) is 13.0 Å². The van der Waals surface area contributed by atoms with Crippen LogP contribution in [0.1, 0.15) is 28.4 Å². The van der Waals surface area contributed by atoms with Crippen molar-refractivity contribution >= 4 is 12.0 Å². The molecule has 1 aromatic rings. The summed E-state index contributed by atoms with van der Waals surface area (Å²) in [6, 6.07) is 3.69.